The van der Waals surface area contributed by atoms with Crippen LogP contribution < -0.4 is 31.1 Å². The summed E-state index contributed by atoms with van der Waals surface area (Å²) >= 11 is 0. The van der Waals surface area contributed by atoms with Crippen molar-refractivity contribution in [2.75, 3.05) is 7.11 Å². The Kier molecular flexibility index (Phi) is 6.28. The Morgan fingerprint density at radius 2 is 2.07 bits per heavy atom. The lowest BCUT2D eigenvalue weighted by atomic mass is 10.2. The number of amides is 2. The maximum Gasteiger partial charge on any atom is 0.330 e. The molecule has 2 unspecified atom stereocenters. The van der Waals surface area contributed by atoms with E-state index >= 15 is 0 Å². The Labute approximate surface area is 162 Å². The van der Waals surface area contributed by atoms with Crippen LogP contribution in [0.15, 0.2) is 47.6 Å². The summed E-state index contributed by atoms with van der Waals surface area (Å²) < 4.78 is 24.8. The highest BCUT2D eigenvalue weighted by Crippen LogP contribution is 2.28. The zero-order chi connectivity index (χ0) is 19.9. The molecule has 148 valence electrons. The molecule has 1 saturated heterocycles. The second kappa shape index (κ2) is 9.05. The number of nitrogens with one attached hydrogen (secondary N) is 4. The third-order valence-electron chi connectivity index (χ3n) is 4.16. The molecule has 0 aliphatic carbocycles. The first kappa shape index (κ1) is 19.4. The summed E-state index contributed by atoms with van der Waals surface area (Å²) in [6.07, 6.45) is 1.25. The second-order valence-electron chi connectivity index (χ2n) is 6.19. The molecule has 0 aromatic heterocycles. The Morgan fingerprint density at radius 3 is 2.86 bits per heavy atom. The van der Waals surface area contributed by atoms with E-state index in [0.29, 0.717) is 17.1 Å². The van der Waals surface area contributed by atoms with Gasteiger partial charge >= 0.3 is 6.03 Å². The molecule has 4 N–H and O–H groups in total. The average molecular weight is 387 g/mol. The van der Waals surface area contributed by atoms with Crippen LogP contribution in [0.2, 0.25) is 0 Å². The number of halogens is 1. The van der Waals surface area contributed by atoms with Crippen molar-refractivity contribution < 1.29 is 18.7 Å². The van der Waals surface area contributed by atoms with Crippen LogP contribution in [0.3, 0.4) is 0 Å². The number of rotatable bonds is 7. The fourth-order valence-corrected chi connectivity index (χ4v) is 2.56. The summed E-state index contributed by atoms with van der Waals surface area (Å²) in [5.41, 5.74) is 9.41. The number of hydrazine groups is 1. The van der Waals surface area contributed by atoms with E-state index in [9.17, 15) is 9.18 Å². The van der Waals surface area contributed by atoms with Gasteiger partial charge in [0.15, 0.2) is 11.5 Å². The Bertz CT molecular complexity index is 861. The summed E-state index contributed by atoms with van der Waals surface area (Å²) in [7, 11) is 1.53. The molecule has 1 fully saturated rings. The zero-order valence-corrected chi connectivity index (χ0v) is 15.5. The lowest BCUT2D eigenvalue weighted by Gasteiger charge is -2.30. The summed E-state index contributed by atoms with van der Waals surface area (Å²) in [5.74, 6) is 0.690. The number of carbonyl (C=O) groups excluding carboxylic acids is 1. The van der Waals surface area contributed by atoms with Crippen LogP contribution in [0.5, 0.6) is 11.5 Å². The molecule has 0 spiro atoms. The largest absolute Gasteiger partial charge is 0.493 e. The number of hydrazone groups is 1. The minimum absolute atomic E-state index is 0.0569. The van der Waals surface area contributed by atoms with Crippen molar-refractivity contribution in [1.82, 2.24) is 21.6 Å². The van der Waals surface area contributed by atoms with Crippen LogP contribution in [0, 0.1) is 5.82 Å². The van der Waals surface area contributed by atoms with Crippen LogP contribution in [-0.4, -0.2) is 31.6 Å². The zero-order valence-electron chi connectivity index (χ0n) is 15.5. The smallest absolute Gasteiger partial charge is 0.330 e. The summed E-state index contributed by atoms with van der Waals surface area (Å²) in [6, 6.07) is 11.4. The molecule has 2 aromatic carbocycles. The van der Waals surface area contributed by atoms with Gasteiger partial charge in [0, 0.05) is 5.56 Å². The SMILES string of the molecule is COc1cc(/C=N/NC2NC(=O)NNC2C)ccc1OCc1ccccc1F. The molecule has 1 aliphatic heterocycles. The van der Waals surface area contributed by atoms with Crippen LogP contribution in [0.4, 0.5) is 9.18 Å². The average Bonchev–Trinajstić information content (AvgIpc) is 2.70. The van der Waals surface area contributed by atoms with Crippen molar-refractivity contribution in [3.63, 3.8) is 0 Å². The molecule has 0 bridgehead atoms. The van der Waals surface area contributed by atoms with Crippen molar-refractivity contribution in [1.29, 1.82) is 0 Å². The maximum absolute atomic E-state index is 13.7. The van der Waals surface area contributed by atoms with Gasteiger partial charge in [-0.1, -0.05) is 18.2 Å². The molecule has 0 radical (unpaired) electrons. The first-order valence-electron chi connectivity index (χ1n) is 8.71. The van der Waals surface area contributed by atoms with E-state index in [1.165, 1.54) is 13.2 Å². The van der Waals surface area contributed by atoms with Gasteiger partial charge in [-0.25, -0.2) is 14.6 Å². The van der Waals surface area contributed by atoms with E-state index in [4.69, 9.17) is 9.47 Å². The molecule has 8 nitrogen and oxygen atoms in total. The van der Waals surface area contributed by atoms with Gasteiger partial charge in [0.1, 0.15) is 18.6 Å². The van der Waals surface area contributed by atoms with E-state index in [0.717, 1.165) is 5.56 Å². The highest BCUT2D eigenvalue weighted by molar-refractivity contribution is 5.80. The van der Waals surface area contributed by atoms with Gasteiger partial charge in [0.2, 0.25) is 0 Å². The van der Waals surface area contributed by atoms with Crippen molar-refractivity contribution in [3.8, 4) is 11.5 Å². The third-order valence-corrected chi connectivity index (χ3v) is 4.16. The molecule has 1 heterocycles. The fourth-order valence-electron chi connectivity index (χ4n) is 2.56. The maximum atomic E-state index is 13.7. The van der Waals surface area contributed by atoms with Crippen molar-refractivity contribution >= 4 is 12.2 Å². The molecule has 2 atom stereocenters. The molecule has 2 amide bonds. The Morgan fingerprint density at radius 1 is 1.25 bits per heavy atom. The number of methoxy groups -OCH3 is 1. The van der Waals surface area contributed by atoms with Crippen LogP contribution in [-0.2, 0) is 6.61 Å². The lowest BCUT2D eigenvalue weighted by molar-refractivity contribution is 0.202. The second-order valence-corrected chi connectivity index (χ2v) is 6.19. The van der Waals surface area contributed by atoms with Gasteiger partial charge in [0.05, 0.1) is 19.4 Å². The molecule has 28 heavy (non-hydrogen) atoms. The minimum Gasteiger partial charge on any atom is -0.493 e. The number of carbonyl (C=O) groups is 1. The summed E-state index contributed by atoms with van der Waals surface area (Å²) in [6.45, 7) is 1.99. The standard InChI is InChI=1S/C19H22FN5O3/c1-12-18(22-19(26)25-23-12)24-21-10-13-7-8-16(17(9-13)27-2)28-11-14-5-3-4-6-15(14)20/h3-10,12,18,23-24H,11H2,1-2H3,(H2,22,25,26)/b21-10+. The Hall–Kier alpha value is -3.33. The minimum atomic E-state index is -0.352. The highest BCUT2D eigenvalue weighted by Gasteiger charge is 2.23. The Balaban J connectivity index is 1.62. The fraction of sp³-hybridized carbons (Fsp3) is 0.263. The highest BCUT2D eigenvalue weighted by atomic mass is 19.1. The summed E-state index contributed by atoms with van der Waals surface area (Å²) in [5, 5.41) is 6.87. The normalized spacial score (nSPS) is 19.0. The van der Waals surface area contributed by atoms with Gasteiger partial charge < -0.3 is 14.8 Å². The monoisotopic (exact) mass is 387 g/mol. The number of hydrogen-bond acceptors (Lipinski definition) is 6. The van der Waals surface area contributed by atoms with Crippen molar-refractivity contribution in [3.05, 3.63) is 59.4 Å². The van der Waals surface area contributed by atoms with E-state index in [-0.39, 0.29) is 30.7 Å². The van der Waals surface area contributed by atoms with Crippen LogP contribution >= 0.6 is 0 Å². The molecule has 2 aromatic rings. The van der Waals surface area contributed by atoms with Crippen molar-refractivity contribution in [2.24, 2.45) is 5.10 Å². The molecule has 0 saturated carbocycles. The molecular weight excluding hydrogens is 365 g/mol. The van der Waals surface area contributed by atoms with E-state index < -0.39 is 0 Å². The first-order valence-corrected chi connectivity index (χ1v) is 8.71. The van der Waals surface area contributed by atoms with Crippen molar-refractivity contribution in [2.45, 2.75) is 25.7 Å². The van der Waals surface area contributed by atoms with Gasteiger partial charge in [-0.2, -0.15) is 5.10 Å². The van der Waals surface area contributed by atoms with Crippen LogP contribution in [0.25, 0.3) is 0 Å². The van der Waals surface area contributed by atoms with E-state index in [2.05, 4.69) is 26.7 Å². The van der Waals surface area contributed by atoms with Gasteiger partial charge in [-0.15, -0.1) is 0 Å². The van der Waals surface area contributed by atoms with Gasteiger partial charge in [-0.05, 0) is 36.8 Å². The number of nitrogens with zero attached hydrogens (tertiary/aromatic N) is 1. The van der Waals surface area contributed by atoms with E-state index in [1.54, 1.807) is 42.6 Å². The molecular formula is C19H22FN5O3. The van der Waals surface area contributed by atoms with E-state index in [1.807, 2.05) is 6.92 Å². The number of benzene rings is 2. The van der Waals surface area contributed by atoms with Crippen LogP contribution in [0.1, 0.15) is 18.1 Å². The number of hydrogen-bond donors (Lipinski definition) is 4. The lowest BCUT2D eigenvalue weighted by Crippen LogP contribution is -2.67. The predicted octanol–water partition coefficient (Wildman–Crippen LogP) is 1.87. The third kappa shape index (κ3) is 4.89. The first-order chi connectivity index (χ1) is 13.6. The quantitative estimate of drug-likeness (QED) is 0.430. The molecule has 3 rings (SSSR count). The topological polar surface area (TPSA) is 96.0 Å². The number of urea groups is 1. The summed E-state index contributed by atoms with van der Waals surface area (Å²) in [4.78, 5) is 11.3. The van der Waals surface area contributed by atoms with Gasteiger partial charge in [0.25, 0.3) is 0 Å². The molecule has 1 aliphatic rings. The number of ether oxygens (including phenoxy) is 2. The van der Waals surface area contributed by atoms with Gasteiger partial charge in [-0.3, -0.25) is 10.9 Å². The predicted molar refractivity (Wildman–Crippen MR) is 103 cm³/mol. The molecule has 9 heteroatoms.